The molecule has 2 bridgehead atoms. The van der Waals surface area contributed by atoms with E-state index < -0.39 is 6.10 Å². The lowest BCUT2D eigenvalue weighted by Gasteiger charge is -2.56. The molecule has 2 fully saturated rings. The zero-order valence-electron chi connectivity index (χ0n) is 18.9. The summed E-state index contributed by atoms with van der Waals surface area (Å²) in [6, 6.07) is 2.63. The normalized spacial score (nSPS) is 37.3. The second-order valence-corrected chi connectivity index (χ2v) is 9.91. The molecule has 5 aliphatic rings. The Morgan fingerprint density at radius 3 is 2.69 bits per heavy atom. The van der Waals surface area contributed by atoms with Crippen LogP contribution in [0.2, 0.25) is 0 Å². The van der Waals surface area contributed by atoms with Crippen LogP contribution in [0.25, 0.3) is 0 Å². The van der Waals surface area contributed by atoms with Crippen LogP contribution in [0, 0.1) is 5.92 Å². The summed E-state index contributed by atoms with van der Waals surface area (Å²) in [7, 11) is 4.20. The fourth-order valence-electron chi connectivity index (χ4n) is 6.56. The molecular weight excluding hydrogens is 410 g/mol. The number of benzene rings is 1. The van der Waals surface area contributed by atoms with Crippen molar-refractivity contribution in [3.63, 3.8) is 0 Å². The Hall–Kier alpha value is -1.68. The number of aromatic hydroxyl groups is 1. The number of piperidine rings is 1. The summed E-state index contributed by atoms with van der Waals surface area (Å²) in [4.78, 5) is 4.57. The van der Waals surface area contributed by atoms with Gasteiger partial charge < -0.3 is 35.4 Å². The van der Waals surface area contributed by atoms with Gasteiger partial charge in [-0.1, -0.05) is 12.2 Å². The molecule has 1 spiro atoms. The first-order valence-electron chi connectivity index (χ1n) is 11.7. The maximum absolute atomic E-state index is 10.5. The third-order valence-electron chi connectivity index (χ3n) is 8.37. The molecule has 0 saturated carbocycles. The zero-order valence-corrected chi connectivity index (χ0v) is 18.9. The molecule has 0 aromatic heterocycles. The summed E-state index contributed by atoms with van der Waals surface area (Å²) in [5.41, 5.74) is 2.49. The highest BCUT2D eigenvalue weighted by Crippen LogP contribution is 2.62. The van der Waals surface area contributed by atoms with Crippen molar-refractivity contribution in [2.45, 2.75) is 49.2 Å². The Bertz CT molecular complexity index is 908. The average molecular weight is 446 g/mol. The van der Waals surface area contributed by atoms with Crippen LogP contribution in [0.4, 0.5) is 0 Å². The molecule has 2 aliphatic carbocycles. The minimum atomic E-state index is -0.661. The highest BCUT2D eigenvalue weighted by molar-refractivity contribution is 5.64. The summed E-state index contributed by atoms with van der Waals surface area (Å²) in [5.74, 6) is 0.827. The van der Waals surface area contributed by atoms with E-state index in [1.807, 2.05) is 19.2 Å². The van der Waals surface area contributed by atoms with Crippen LogP contribution in [0.15, 0.2) is 18.2 Å². The van der Waals surface area contributed by atoms with Gasteiger partial charge in [0, 0.05) is 54.2 Å². The molecule has 1 unspecified atom stereocenters. The lowest BCUT2D eigenvalue weighted by atomic mass is 9.53. The Kier molecular flexibility index (Phi) is 5.72. The van der Waals surface area contributed by atoms with Gasteiger partial charge in [0.05, 0.1) is 13.2 Å². The van der Waals surface area contributed by atoms with Gasteiger partial charge in [-0.3, -0.25) is 4.90 Å². The van der Waals surface area contributed by atoms with Crippen LogP contribution in [0.3, 0.4) is 0 Å². The lowest BCUT2D eigenvalue weighted by molar-refractivity contribution is -0.0453. The number of ether oxygens (including phenoxy) is 1. The van der Waals surface area contributed by atoms with Gasteiger partial charge in [-0.15, -0.1) is 0 Å². The van der Waals surface area contributed by atoms with E-state index in [2.05, 4.69) is 28.2 Å². The average Bonchev–Trinajstić information content (AvgIpc) is 3.15. The third-order valence-corrected chi connectivity index (χ3v) is 8.37. The molecule has 8 nitrogen and oxygen atoms in total. The molecule has 0 radical (unpaired) electrons. The topological polar surface area (TPSA) is 109 Å². The van der Waals surface area contributed by atoms with E-state index in [0.717, 1.165) is 50.1 Å². The van der Waals surface area contributed by atoms with Gasteiger partial charge in [-0.2, -0.15) is 0 Å². The summed E-state index contributed by atoms with van der Waals surface area (Å²) in [6.07, 6.45) is 4.79. The van der Waals surface area contributed by atoms with Crippen molar-refractivity contribution >= 4 is 0 Å². The molecule has 5 N–H and O–H groups in total. The van der Waals surface area contributed by atoms with E-state index in [1.54, 1.807) is 0 Å². The molecule has 2 saturated heterocycles. The highest BCUT2D eigenvalue weighted by Gasteiger charge is 2.64. The van der Waals surface area contributed by atoms with Gasteiger partial charge in [-0.25, -0.2) is 0 Å². The quantitative estimate of drug-likeness (QED) is 0.391. The number of nitrogens with one attached hydrogen (secondary N) is 1. The van der Waals surface area contributed by atoms with Gasteiger partial charge in [0.15, 0.2) is 11.5 Å². The number of nitrogens with zero attached hydrogens (tertiary/aromatic N) is 2. The number of aliphatic hydroxyl groups excluding tert-OH is 3. The number of likely N-dealkylation sites (tertiary alicyclic amines) is 1. The first-order chi connectivity index (χ1) is 15.4. The number of likely N-dealkylation sites (N-methyl/N-ethyl adjacent to an activating group) is 2. The van der Waals surface area contributed by atoms with Crippen LogP contribution < -0.4 is 10.1 Å². The van der Waals surface area contributed by atoms with Gasteiger partial charge >= 0.3 is 0 Å². The predicted molar refractivity (Wildman–Crippen MR) is 120 cm³/mol. The number of hydrogen-bond acceptors (Lipinski definition) is 8. The molecule has 6 rings (SSSR count). The number of phenols is 1. The molecule has 3 heterocycles. The second-order valence-electron chi connectivity index (χ2n) is 9.91. The Morgan fingerprint density at radius 1 is 1.19 bits per heavy atom. The van der Waals surface area contributed by atoms with Crippen molar-refractivity contribution in [1.82, 2.24) is 15.1 Å². The monoisotopic (exact) mass is 445 g/mol. The van der Waals surface area contributed by atoms with Crippen LogP contribution in [-0.2, 0) is 18.4 Å². The standard InChI is InChI=1S/C18H21NO4.C6H14N2O/c1-19-5-4-18-11-2-3-13(21)17(18)23-16-14(18)9(7-12(11)19)6-10(8-20)15(16)22;1-8-3-2-7-4-6(8)5-9/h2-3,6,11-13,17,20-22H,4-5,7-8H2,1H3;6-7,9H,2-5H2,1H3/t11-,12+,13-,17-,18-;/m0./s1. The predicted octanol–water partition coefficient (Wildman–Crippen LogP) is -0.427. The molecule has 8 heteroatoms. The smallest absolute Gasteiger partial charge is 0.166 e. The minimum Gasteiger partial charge on any atom is -0.504 e. The van der Waals surface area contributed by atoms with Crippen molar-refractivity contribution in [3.8, 4) is 11.5 Å². The molecule has 32 heavy (non-hydrogen) atoms. The first-order valence-corrected chi connectivity index (χ1v) is 11.7. The molecule has 1 aromatic carbocycles. The maximum Gasteiger partial charge on any atom is 0.166 e. The van der Waals surface area contributed by atoms with Gasteiger partial charge in [0.25, 0.3) is 0 Å². The number of aliphatic hydroxyl groups is 3. The van der Waals surface area contributed by atoms with Crippen molar-refractivity contribution < 1.29 is 25.2 Å². The van der Waals surface area contributed by atoms with Gasteiger partial charge in [-0.05, 0) is 45.1 Å². The van der Waals surface area contributed by atoms with E-state index in [0.29, 0.717) is 29.3 Å². The fourth-order valence-corrected chi connectivity index (χ4v) is 6.56. The Labute approximate surface area is 189 Å². The highest BCUT2D eigenvalue weighted by atomic mass is 16.5. The van der Waals surface area contributed by atoms with Crippen LogP contribution in [-0.4, -0.2) is 101 Å². The summed E-state index contributed by atoms with van der Waals surface area (Å²) in [6.45, 7) is 4.04. The van der Waals surface area contributed by atoms with E-state index >= 15 is 0 Å². The Balaban J connectivity index is 0.000000203. The summed E-state index contributed by atoms with van der Waals surface area (Å²) in [5, 5.41) is 42.6. The van der Waals surface area contributed by atoms with Crippen LogP contribution in [0.5, 0.6) is 11.5 Å². The van der Waals surface area contributed by atoms with E-state index in [-0.39, 0.29) is 30.5 Å². The molecule has 3 aliphatic heterocycles. The number of rotatable bonds is 2. The molecule has 0 amide bonds. The number of hydrogen-bond donors (Lipinski definition) is 5. The summed E-state index contributed by atoms with van der Waals surface area (Å²) >= 11 is 0. The van der Waals surface area contributed by atoms with E-state index in [1.165, 1.54) is 0 Å². The first kappa shape index (κ1) is 22.1. The molecule has 176 valence electrons. The van der Waals surface area contributed by atoms with Crippen molar-refractivity contribution in [2.75, 3.05) is 46.9 Å². The van der Waals surface area contributed by atoms with Crippen LogP contribution in [0.1, 0.15) is 23.1 Å². The molecule has 6 atom stereocenters. The SMILES string of the molecule is CN1CCNCC1CO.CN1CC[C@]23c4c5cc(CO)c(O)c4O[C@H]2[C@@H](O)C=C[C@H]3[C@H]1C5. The molecular formula is C24H35N3O5. The van der Waals surface area contributed by atoms with Crippen molar-refractivity contribution in [1.29, 1.82) is 0 Å². The zero-order chi connectivity index (χ0) is 22.6. The van der Waals surface area contributed by atoms with Gasteiger partial charge in [0.1, 0.15) is 12.2 Å². The van der Waals surface area contributed by atoms with E-state index in [4.69, 9.17) is 9.84 Å². The van der Waals surface area contributed by atoms with E-state index in [9.17, 15) is 15.3 Å². The third kappa shape index (κ3) is 3.12. The fraction of sp³-hybridized carbons (Fsp3) is 0.667. The largest absolute Gasteiger partial charge is 0.504 e. The Morgan fingerprint density at radius 2 is 2.00 bits per heavy atom. The molecule has 1 aromatic rings. The summed E-state index contributed by atoms with van der Waals surface area (Å²) < 4.78 is 6.12. The van der Waals surface area contributed by atoms with Crippen molar-refractivity contribution in [3.05, 3.63) is 34.9 Å². The van der Waals surface area contributed by atoms with Crippen molar-refractivity contribution in [2.24, 2.45) is 5.92 Å². The van der Waals surface area contributed by atoms with Crippen LogP contribution >= 0.6 is 0 Å². The minimum absolute atomic E-state index is 0.0401. The number of piperazine rings is 1. The lowest BCUT2D eigenvalue weighted by Crippen LogP contribution is -2.64. The second kappa shape index (κ2) is 8.27. The maximum atomic E-state index is 10.5. The van der Waals surface area contributed by atoms with Gasteiger partial charge in [0.2, 0.25) is 0 Å².